The quantitative estimate of drug-likeness (QED) is 0.669. The molecule has 0 N–H and O–H groups in total. The van der Waals surface area contributed by atoms with Crippen LogP contribution >= 0.6 is 0 Å². The highest BCUT2D eigenvalue weighted by Gasteiger charge is 2.24. The van der Waals surface area contributed by atoms with Crippen molar-refractivity contribution in [2.24, 2.45) is 0 Å². The zero-order chi connectivity index (χ0) is 18.6. The third kappa shape index (κ3) is 3.35. The van der Waals surface area contributed by atoms with Crippen molar-refractivity contribution >= 4 is 12.0 Å². The molecule has 0 radical (unpaired) electrons. The fourth-order valence-electron chi connectivity index (χ4n) is 3.07. The summed E-state index contributed by atoms with van der Waals surface area (Å²) in [6.45, 7) is 3.05. The van der Waals surface area contributed by atoms with Crippen LogP contribution in [0.5, 0.6) is 11.5 Å². The lowest BCUT2D eigenvalue weighted by atomic mass is 10.2. The van der Waals surface area contributed by atoms with E-state index in [9.17, 15) is 0 Å². The van der Waals surface area contributed by atoms with Crippen LogP contribution in [0.4, 0.5) is 12.0 Å². The zero-order valence-corrected chi connectivity index (χ0v) is 15.2. The van der Waals surface area contributed by atoms with E-state index in [1.54, 1.807) is 26.6 Å². The van der Waals surface area contributed by atoms with Crippen molar-refractivity contribution in [3.63, 3.8) is 0 Å². The van der Waals surface area contributed by atoms with Gasteiger partial charge in [0.1, 0.15) is 0 Å². The highest BCUT2D eigenvalue weighted by atomic mass is 16.5. The molecule has 0 saturated carbocycles. The predicted octanol–water partition coefficient (Wildman–Crippen LogP) is 1.87. The summed E-state index contributed by atoms with van der Waals surface area (Å²) in [5.41, 5.74) is 0.725. The second-order valence-corrected chi connectivity index (χ2v) is 5.96. The Hall–Kier alpha value is -3.36. The molecule has 9 nitrogen and oxygen atoms in total. The highest BCUT2D eigenvalue weighted by molar-refractivity contribution is 5.69. The number of hydrogen-bond acceptors (Lipinski definition) is 9. The Morgan fingerprint density at radius 2 is 1.67 bits per heavy atom. The number of para-hydroxylation sites is 1. The van der Waals surface area contributed by atoms with Crippen molar-refractivity contribution < 1.29 is 14.0 Å². The minimum atomic E-state index is 0.467. The third-order valence-electron chi connectivity index (χ3n) is 4.44. The highest BCUT2D eigenvalue weighted by Crippen LogP contribution is 2.37. The van der Waals surface area contributed by atoms with Gasteiger partial charge in [0.05, 0.1) is 19.8 Å². The molecule has 2 aromatic heterocycles. The maximum atomic E-state index is 5.49. The molecule has 0 bridgehead atoms. The second-order valence-electron chi connectivity index (χ2n) is 5.96. The Balaban J connectivity index is 1.50. The molecule has 1 aliphatic rings. The van der Waals surface area contributed by atoms with Crippen LogP contribution in [0.1, 0.15) is 0 Å². The lowest BCUT2D eigenvalue weighted by Gasteiger charge is -2.33. The van der Waals surface area contributed by atoms with Crippen LogP contribution in [-0.2, 0) is 0 Å². The molecule has 0 atom stereocenters. The maximum absolute atomic E-state index is 5.49. The van der Waals surface area contributed by atoms with Gasteiger partial charge in [0, 0.05) is 38.6 Å². The molecule has 4 rings (SSSR count). The number of hydrogen-bond donors (Lipinski definition) is 0. The molecule has 0 amide bonds. The monoisotopic (exact) mass is 368 g/mol. The first kappa shape index (κ1) is 17.1. The van der Waals surface area contributed by atoms with E-state index in [0.29, 0.717) is 23.3 Å². The molecule has 1 aliphatic heterocycles. The predicted molar refractivity (Wildman–Crippen MR) is 99.3 cm³/mol. The van der Waals surface area contributed by atoms with Gasteiger partial charge in [-0.05, 0) is 18.2 Å². The molecule has 140 valence electrons. The van der Waals surface area contributed by atoms with Gasteiger partial charge in [0.2, 0.25) is 11.8 Å². The van der Waals surface area contributed by atoms with E-state index in [-0.39, 0.29) is 0 Å². The second kappa shape index (κ2) is 7.48. The summed E-state index contributed by atoms with van der Waals surface area (Å²) in [7, 11) is 3.19. The van der Waals surface area contributed by atoms with Crippen molar-refractivity contribution in [2.45, 2.75) is 0 Å². The minimum Gasteiger partial charge on any atom is -0.493 e. The maximum Gasteiger partial charge on any atom is 0.324 e. The van der Waals surface area contributed by atoms with E-state index in [1.165, 1.54) is 0 Å². The van der Waals surface area contributed by atoms with Gasteiger partial charge < -0.3 is 23.8 Å². The van der Waals surface area contributed by atoms with Gasteiger partial charge in [0.15, 0.2) is 11.5 Å². The van der Waals surface area contributed by atoms with E-state index in [2.05, 4.69) is 29.9 Å². The molecule has 0 aliphatic carbocycles. The van der Waals surface area contributed by atoms with Crippen LogP contribution in [0, 0.1) is 0 Å². The molecule has 0 spiro atoms. The Morgan fingerprint density at radius 3 is 2.37 bits per heavy atom. The molecule has 3 aromatic rings. The molecular weight excluding hydrogens is 348 g/mol. The zero-order valence-electron chi connectivity index (χ0n) is 15.2. The summed E-state index contributed by atoms with van der Waals surface area (Å²) in [5, 5.41) is 4.12. The van der Waals surface area contributed by atoms with Crippen molar-refractivity contribution in [2.75, 3.05) is 50.2 Å². The number of aromatic nitrogens is 4. The van der Waals surface area contributed by atoms with Crippen LogP contribution in [0.2, 0.25) is 0 Å². The van der Waals surface area contributed by atoms with E-state index in [1.807, 2.05) is 24.3 Å². The van der Waals surface area contributed by atoms with Crippen LogP contribution < -0.4 is 19.3 Å². The smallest absolute Gasteiger partial charge is 0.324 e. The lowest BCUT2D eigenvalue weighted by molar-refractivity contribution is 0.355. The SMILES string of the molecule is COc1cccc(-c2noc(N3CCN(c4ncccn4)CC3)n2)c1OC. The number of ether oxygens (including phenoxy) is 2. The minimum absolute atomic E-state index is 0.467. The topological polar surface area (TPSA) is 89.6 Å². The Morgan fingerprint density at radius 1 is 0.926 bits per heavy atom. The van der Waals surface area contributed by atoms with Crippen molar-refractivity contribution in [3.05, 3.63) is 36.7 Å². The number of rotatable bonds is 5. The first-order chi connectivity index (χ1) is 13.3. The van der Waals surface area contributed by atoms with Crippen molar-refractivity contribution in [3.8, 4) is 22.9 Å². The molecule has 27 heavy (non-hydrogen) atoms. The van der Waals surface area contributed by atoms with Gasteiger partial charge in [-0.25, -0.2) is 9.97 Å². The van der Waals surface area contributed by atoms with Gasteiger partial charge in [0.25, 0.3) is 0 Å². The van der Waals surface area contributed by atoms with Gasteiger partial charge in [-0.2, -0.15) is 4.98 Å². The number of benzene rings is 1. The summed E-state index contributed by atoms with van der Waals surface area (Å²) in [6.07, 6.45) is 3.50. The van der Waals surface area contributed by atoms with Crippen LogP contribution in [0.25, 0.3) is 11.4 Å². The first-order valence-electron chi connectivity index (χ1n) is 8.62. The molecule has 3 heterocycles. The standard InChI is InChI=1S/C18H20N6O3/c1-25-14-6-3-5-13(15(14)26-2)16-21-18(27-22-16)24-11-9-23(10-12-24)17-19-7-4-8-20-17/h3-8H,9-12H2,1-2H3. The average molecular weight is 368 g/mol. The van der Waals surface area contributed by atoms with Crippen LogP contribution in [0.3, 0.4) is 0 Å². The number of nitrogens with zero attached hydrogens (tertiary/aromatic N) is 6. The summed E-state index contributed by atoms with van der Waals surface area (Å²) in [4.78, 5) is 17.3. The van der Waals surface area contributed by atoms with E-state index in [0.717, 1.165) is 37.7 Å². The Kier molecular flexibility index (Phi) is 4.73. The van der Waals surface area contributed by atoms with E-state index in [4.69, 9.17) is 14.0 Å². The Labute approximate surface area is 156 Å². The van der Waals surface area contributed by atoms with Crippen LogP contribution in [-0.4, -0.2) is 60.5 Å². The average Bonchev–Trinajstić information content (AvgIpc) is 3.24. The van der Waals surface area contributed by atoms with Gasteiger partial charge in [-0.1, -0.05) is 11.2 Å². The van der Waals surface area contributed by atoms with Crippen LogP contribution in [0.15, 0.2) is 41.2 Å². The molecule has 1 fully saturated rings. The summed E-state index contributed by atoms with van der Waals surface area (Å²) in [6, 6.07) is 7.87. The molecule has 0 unspecified atom stereocenters. The van der Waals surface area contributed by atoms with Crippen molar-refractivity contribution in [1.29, 1.82) is 0 Å². The molecule has 1 saturated heterocycles. The first-order valence-corrected chi connectivity index (χ1v) is 8.62. The summed E-state index contributed by atoms with van der Waals surface area (Å²) >= 11 is 0. The van der Waals surface area contributed by atoms with Crippen molar-refractivity contribution in [1.82, 2.24) is 20.1 Å². The van der Waals surface area contributed by atoms with E-state index < -0.39 is 0 Å². The molecular formula is C18H20N6O3. The van der Waals surface area contributed by atoms with E-state index >= 15 is 0 Å². The summed E-state index contributed by atoms with van der Waals surface area (Å²) in [5.74, 6) is 2.41. The fraction of sp³-hybridized carbons (Fsp3) is 0.333. The third-order valence-corrected chi connectivity index (χ3v) is 4.44. The number of anilines is 2. The van der Waals surface area contributed by atoms with Gasteiger partial charge in [-0.3, -0.25) is 0 Å². The Bertz CT molecular complexity index is 893. The number of piperazine rings is 1. The number of methoxy groups -OCH3 is 2. The lowest BCUT2D eigenvalue weighted by Crippen LogP contribution is -2.47. The summed E-state index contributed by atoms with van der Waals surface area (Å²) < 4.78 is 16.3. The molecule has 9 heteroatoms. The van der Waals surface area contributed by atoms with Gasteiger partial charge >= 0.3 is 6.01 Å². The fourth-order valence-corrected chi connectivity index (χ4v) is 3.07. The largest absolute Gasteiger partial charge is 0.493 e. The normalized spacial score (nSPS) is 14.3. The molecule has 1 aromatic carbocycles. The van der Waals surface area contributed by atoms with Gasteiger partial charge in [-0.15, -0.1) is 0 Å².